The molecule has 0 saturated carbocycles. The van der Waals surface area contributed by atoms with Crippen LogP contribution < -0.4 is 15.5 Å². The summed E-state index contributed by atoms with van der Waals surface area (Å²) in [5.41, 5.74) is 2.34. The second-order valence-corrected chi connectivity index (χ2v) is 11.6. The Morgan fingerprint density at radius 2 is 1.46 bits per heavy atom. The first-order valence-electron chi connectivity index (χ1n) is 13.0. The Balaban J connectivity index is 1.08. The number of halogens is 4. The van der Waals surface area contributed by atoms with Gasteiger partial charge in [-0.25, -0.2) is 9.78 Å². The van der Waals surface area contributed by atoms with Crippen LogP contribution in [0.3, 0.4) is 0 Å². The van der Waals surface area contributed by atoms with Crippen molar-refractivity contribution in [1.82, 2.24) is 14.8 Å². The molecule has 3 heterocycles. The number of piperidine rings is 1. The van der Waals surface area contributed by atoms with Gasteiger partial charge in [-0.3, -0.25) is 9.80 Å². The molecule has 39 heavy (non-hydrogen) atoms. The molecule has 5 rings (SSSR count). The quantitative estimate of drug-likeness (QED) is 0.312. The molecule has 1 aromatic heterocycles. The Hall–Kier alpha value is -2.26. The summed E-state index contributed by atoms with van der Waals surface area (Å²) >= 11 is 24.5. The van der Waals surface area contributed by atoms with Gasteiger partial charge >= 0.3 is 6.03 Å². The molecule has 2 amide bonds. The number of rotatable bonds is 6. The zero-order chi connectivity index (χ0) is 27.4. The highest BCUT2D eigenvalue weighted by Crippen LogP contribution is 2.29. The van der Waals surface area contributed by atoms with E-state index in [1.807, 2.05) is 12.1 Å². The summed E-state index contributed by atoms with van der Waals surface area (Å²) in [7, 11) is 0. The van der Waals surface area contributed by atoms with Crippen LogP contribution in [0.2, 0.25) is 20.1 Å². The van der Waals surface area contributed by atoms with Crippen LogP contribution in [0.15, 0.2) is 54.7 Å². The summed E-state index contributed by atoms with van der Waals surface area (Å²) in [6.45, 7) is 6.87. The predicted octanol–water partition coefficient (Wildman–Crippen LogP) is 7.13. The SMILES string of the molecule is O=C(Nc1ccc(Cl)c(Cl)c1)Nc1cnc(N2CCN(C3CCN(Cc4ccc(Cl)cc4)CC3)CC2)c(Cl)c1. The van der Waals surface area contributed by atoms with Gasteiger partial charge in [-0.05, 0) is 67.9 Å². The first kappa shape index (κ1) is 28.3. The molecule has 2 aliphatic heterocycles. The Labute approximate surface area is 249 Å². The van der Waals surface area contributed by atoms with Gasteiger partial charge in [-0.2, -0.15) is 0 Å². The van der Waals surface area contributed by atoms with Crippen LogP contribution in [-0.4, -0.2) is 66.1 Å². The highest BCUT2D eigenvalue weighted by Gasteiger charge is 2.28. The number of pyridine rings is 1. The van der Waals surface area contributed by atoms with Gasteiger partial charge in [0.1, 0.15) is 5.82 Å². The van der Waals surface area contributed by atoms with E-state index in [1.165, 1.54) is 18.4 Å². The highest BCUT2D eigenvalue weighted by atomic mass is 35.5. The van der Waals surface area contributed by atoms with Crippen molar-refractivity contribution in [1.29, 1.82) is 0 Å². The van der Waals surface area contributed by atoms with Crippen LogP contribution in [0, 0.1) is 0 Å². The zero-order valence-corrected chi connectivity index (χ0v) is 24.4. The maximum Gasteiger partial charge on any atom is 0.323 e. The number of urea groups is 1. The summed E-state index contributed by atoms with van der Waals surface area (Å²) in [6, 6.07) is 14.9. The maximum absolute atomic E-state index is 12.4. The molecule has 2 N–H and O–H groups in total. The van der Waals surface area contributed by atoms with Gasteiger partial charge in [0.15, 0.2) is 0 Å². The molecule has 2 saturated heterocycles. The smallest absolute Gasteiger partial charge is 0.323 e. The minimum atomic E-state index is -0.424. The first-order chi connectivity index (χ1) is 18.8. The third-order valence-corrected chi connectivity index (χ3v) is 8.53. The molecule has 3 aromatic rings. The van der Waals surface area contributed by atoms with E-state index < -0.39 is 6.03 Å². The zero-order valence-electron chi connectivity index (χ0n) is 21.3. The Morgan fingerprint density at radius 1 is 0.795 bits per heavy atom. The van der Waals surface area contributed by atoms with E-state index in [9.17, 15) is 4.79 Å². The number of hydrogen-bond donors (Lipinski definition) is 2. The van der Waals surface area contributed by atoms with Gasteiger partial charge in [0.2, 0.25) is 0 Å². The molecular formula is C28H30Cl4N6O. The molecule has 2 aromatic carbocycles. The molecule has 0 unspecified atom stereocenters. The average molecular weight is 608 g/mol. The predicted molar refractivity (Wildman–Crippen MR) is 162 cm³/mol. The standard InChI is InChI=1S/C28H30Cl4N6O/c29-20-3-1-19(2-4-20)18-36-9-7-23(8-10-36)37-11-13-38(14-12-37)27-26(32)16-22(17-33-27)35-28(39)34-21-5-6-24(30)25(31)15-21/h1-6,15-17,23H,7-14,18H2,(H2,34,35,39). The minimum absolute atomic E-state index is 0.364. The van der Waals surface area contributed by atoms with Gasteiger partial charge in [-0.1, -0.05) is 58.5 Å². The fourth-order valence-electron chi connectivity index (χ4n) is 5.19. The number of amides is 2. The molecule has 0 bridgehead atoms. The lowest BCUT2D eigenvalue weighted by molar-refractivity contribution is 0.0997. The van der Waals surface area contributed by atoms with Crippen molar-refractivity contribution in [3.63, 3.8) is 0 Å². The number of likely N-dealkylation sites (tertiary alicyclic amines) is 1. The number of nitrogens with zero attached hydrogens (tertiary/aromatic N) is 4. The normalized spacial score (nSPS) is 17.3. The fourth-order valence-corrected chi connectivity index (χ4v) is 5.90. The molecular weight excluding hydrogens is 578 g/mol. The van der Waals surface area contributed by atoms with Gasteiger partial charge in [-0.15, -0.1) is 0 Å². The molecule has 0 spiro atoms. The van der Waals surface area contributed by atoms with E-state index in [0.29, 0.717) is 32.5 Å². The number of piperazine rings is 1. The fraction of sp³-hybridized carbons (Fsp3) is 0.357. The van der Waals surface area contributed by atoms with E-state index >= 15 is 0 Å². The van der Waals surface area contributed by atoms with Gasteiger partial charge < -0.3 is 15.5 Å². The second-order valence-electron chi connectivity index (χ2n) is 9.89. The third kappa shape index (κ3) is 7.48. The molecule has 11 heteroatoms. The lowest BCUT2D eigenvalue weighted by Gasteiger charge is -2.43. The molecule has 2 fully saturated rings. The molecule has 0 radical (unpaired) electrons. The van der Waals surface area contributed by atoms with Gasteiger partial charge in [0, 0.05) is 49.5 Å². The number of nitrogens with one attached hydrogen (secondary N) is 2. The maximum atomic E-state index is 12.4. The monoisotopic (exact) mass is 606 g/mol. The molecule has 0 aliphatic carbocycles. The van der Waals surface area contributed by atoms with Crippen LogP contribution >= 0.6 is 46.4 Å². The Bertz CT molecular complexity index is 1290. The molecule has 7 nitrogen and oxygen atoms in total. The summed E-state index contributed by atoms with van der Waals surface area (Å²) in [6.07, 6.45) is 3.98. The van der Waals surface area contributed by atoms with Crippen LogP contribution in [0.25, 0.3) is 0 Å². The highest BCUT2D eigenvalue weighted by molar-refractivity contribution is 6.42. The van der Waals surface area contributed by atoms with Crippen LogP contribution in [0.1, 0.15) is 18.4 Å². The van der Waals surface area contributed by atoms with Crippen LogP contribution in [-0.2, 0) is 6.54 Å². The summed E-state index contributed by atoms with van der Waals surface area (Å²) in [5.74, 6) is 0.740. The summed E-state index contributed by atoms with van der Waals surface area (Å²) in [4.78, 5) is 24.3. The van der Waals surface area contributed by atoms with Crippen molar-refractivity contribution in [3.05, 3.63) is 80.4 Å². The van der Waals surface area contributed by atoms with Crippen molar-refractivity contribution in [2.24, 2.45) is 0 Å². The Kier molecular flexibility index (Phi) is 9.38. The first-order valence-corrected chi connectivity index (χ1v) is 14.5. The lowest BCUT2D eigenvalue weighted by atomic mass is 10.0. The van der Waals surface area contributed by atoms with Crippen molar-refractivity contribution < 1.29 is 4.79 Å². The van der Waals surface area contributed by atoms with E-state index in [1.54, 1.807) is 30.5 Å². The van der Waals surface area contributed by atoms with Crippen LogP contribution in [0.4, 0.5) is 22.0 Å². The van der Waals surface area contributed by atoms with Crippen LogP contribution in [0.5, 0.6) is 0 Å². The van der Waals surface area contributed by atoms with E-state index in [2.05, 4.69) is 42.5 Å². The second kappa shape index (κ2) is 12.9. The van der Waals surface area contributed by atoms with Crippen molar-refractivity contribution >= 4 is 69.6 Å². The molecule has 2 aliphatic rings. The number of aromatic nitrogens is 1. The minimum Gasteiger partial charge on any atom is -0.353 e. The Morgan fingerprint density at radius 3 is 2.13 bits per heavy atom. The third-order valence-electron chi connectivity index (χ3n) is 7.26. The van der Waals surface area contributed by atoms with Crippen molar-refractivity contribution in [3.8, 4) is 0 Å². The average Bonchev–Trinajstić information content (AvgIpc) is 2.93. The summed E-state index contributed by atoms with van der Waals surface area (Å²) < 4.78 is 0. The van der Waals surface area contributed by atoms with E-state index in [-0.39, 0.29) is 0 Å². The number of carbonyl (C=O) groups excluding carboxylic acids is 1. The number of carbonyl (C=O) groups is 1. The lowest BCUT2D eigenvalue weighted by Crippen LogP contribution is -2.53. The summed E-state index contributed by atoms with van der Waals surface area (Å²) in [5, 5.41) is 7.55. The van der Waals surface area contributed by atoms with Crippen molar-refractivity contribution in [2.75, 3.05) is 54.8 Å². The van der Waals surface area contributed by atoms with E-state index in [4.69, 9.17) is 46.4 Å². The largest absolute Gasteiger partial charge is 0.353 e. The van der Waals surface area contributed by atoms with Gasteiger partial charge in [0.25, 0.3) is 0 Å². The number of hydrogen-bond acceptors (Lipinski definition) is 5. The molecule has 206 valence electrons. The van der Waals surface area contributed by atoms with Gasteiger partial charge in [0.05, 0.1) is 27.0 Å². The topological polar surface area (TPSA) is 63.7 Å². The molecule has 0 atom stereocenters. The number of benzene rings is 2. The van der Waals surface area contributed by atoms with Crippen molar-refractivity contribution in [2.45, 2.75) is 25.4 Å². The van der Waals surface area contributed by atoms with E-state index in [0.717, 1.165) is 56.7 Å². The number of anilines is 3.